The van der Waals surface area contributed by atoms with E-state index in [9.17, 15) is 14.4 Å². The van der Waals surface area contributed by atoms with E-state index in [0.29, 0.717) is 29.8 Å². The van der Waals surface area contributed by atoms with Crippen molar-refractivity contribution in [1.29, 1.82) is 0 Å². The summed E-state index contributed by atoms with van der Waals surface area (Å²) in [7, 11) is 0. The molecule has 0 saturated carbocycles. The zero-order valence-corrected chi connectivity index (χ0v) is 24.2. The Morgan fingerprint density at radius 1 is 0.909 bits per heavy atom. The lowest BCUT2D eigenvalue weighted by Crippen LogP contribution is -2.47. The van der Waals surface area contributed by atoms with Crippen molar-refractivity contribution in [2.45, 2.75) is 25.4 Å². The molecular formula is C34H34N6O4. The molecule has 3 amide bonds. The fourth-order valence-electron chi connectivity index (χ4n) is 5.53. The standard InChI is InChI=1S/C34H34N6O4/c35-33(42)28-13-15-30(37-32(28)24-9-11-27(12-10-24)44-26-7-2-1-3-8-26)40-19-17-39(18-20-40)22-23-5-4-6-25(21-23)36-29-14-16-31(41)38-34(29)43/h1-13,15,21,29,36H,14,16-20,22H2,(H2,35,42)(H,38,41,43). The van der Waals surface area contributed by atoms with Crippen LogP contribution in [0.4, 0.5) is 11.5 Å². The molecule has 2 aliphatic heterocycles. The summed E-state index contributed by atoms with van der Waals surface area (Å²) in [6, 6.07) is 28.3. The van der Waals surface area contributed by atoms with Crippen LogP contribution in [0.25, 0.3) is 11.3 Å². The summed E-state index contributed by atoms with van der Waals surface area (Å²) < 4.78 is 5.91. The van der Waals surface area contributed by atoms with E-state index in [1.807, 2.05) is 72.8 Å². The fraction of sp³-hybridized carbons (Fsp3) is 0.235. The Morgan fingerprint density at radius 2 is 1.66 bits per heavy atom. The molecule has 6 rings (SSSR count). The average molecular weight is 591 g/mol. The van der Waals surface area contributed by atoms with Gasteiger partial charge in [0.05, 0.1) is 11.3 Å². The minimum absolute atomic E-state index is 0.223. The highest BCUT2D eigenvalue weighted by Gasteiger charge is 2.26. The number of piperidine rings is 1. The Hall–Kier alpha value is -5.22. The van der Waals surface area contributed by atoms with Gasteiger partial charge in [0.1, 0.15) is 23.4 Å². The quantitative estimate of drug-likeness (QED) is 0.248. The van der Waals surface area contributed by atoms with Crippen molar-refractivity contribution < 1.29 is 19.1 Å². The zero-order chi connectivity index (χ0) is 30.5. The van der Waals surface area contributed by atoms with Gasteiger partial charge in [-0.1, -0.05) is 30.3 Å². The molecule has 2 aliphatic rings. The number of para-hydroxylation sites is 1. The van der Waals surface area contributed by atoms with Gasteiger partial charge in [0.2, 0.25) is 11.8 Å². The number of aromatic nitrogens is 1. The molecule has 1 unspecified atom stereocenters. The van der Waals surface area contributed by atoms with Crippen LogP contribution in [0.3, 0.4) is 0 Å². The Labute approximate surface area is 255 Å². The van der Waals surface area contributed by atoms with Gasteiger partial charge in [-0.05, 0) is 72.6 Å². The molecule has 224 valence electrons. The summed E-state index contributed by atoms with van der Waals surface area (Å²) in [5.74, 6) is 1.20. The lowest BCUT2D eigenvalue weighted by molar-refractivity contribution is -0.133. The van der Waals surface area contributed by atoms with Gasteiger partial charge in [-0.15, -0.1) is 0 Å². The first-order valence-corrected chi connectivity index (χ1v) is 14.7. The highest BCUT2D eigenvalue weighted by Crippen LogP contribution is 2.29. The monoisotopic (exact) mass is 590 g/mol. The van der Waals surface area contributed by atoms with Gasteiger partial charge in [0, 0.05) is 50.4 Å². The molecule has 4 aromatic rings. The minimum atomic E-state index is -0.525. The van der Waals surface area contributed by atoms with Crippen molar-refractivity contribution in [2.24, 2.45) is 5.73 Å². The number of carbonyl (C=O) groups excluding carboxylic acids is 3. The molecule has 1 atom stereocenters. The molecule has 10 nitrogen and oxygen atoms in total. The molecule has 3 heterocycles. The molecule has 0 radical (unpaired) electrons. The van der Waals surface area contributed by atoms with Gasteiger partial charge < -0.3 is 20.7 Å². The predicted octanol–water partition coefficient (Wildman–Crippen LogP) is 4.18. The van der Waals surface area contributed by atoms with Crippen LogP contribution in [0.1, 0.15) is 28.8 Å². The van der Waals surface area contributed by atoms with E-state index in [0.717, 1.165) is 61.1 Å². The topological polar surface area (TPSA) is 130 Å². The molecule has 0 bridgehead atoms. The molecule has 10 heteroatoms. The second-order valence-corrected chi connectivity index (χ2v) is 11.0. The lowest BCUT2D eigenvalue weighted by Gasteiger charge is -2.35. The van der Waals surface area contributed by atoms with Crippen molar-refractivity contribution in [2.75, 3.05) is 36.4 Å². The van der Waals surface area contributed by atoms with Crippen LogP contribution in [0.5, 0.6) is 11.5 Å². The van der Waals surface area contributed by atoms with Gasteiger partial charge in [0.15, 0.2) is 0 Å². The third-order valence-corrected chi connectivity index (χ3v) is 7.86. The van der Waals surface area contributed by atoms with E-state index in [4.69, 9.17) is 15.5 Å². The molecular weight excluding hydrogens is 556 g/mol. The highest BCUT2D eigenvalue weighted by molar-refractivity contribution is 6.01. The number of ether oxygens (including phenoxy) is 1. The number of nitrogens with one attached hydrogen (secondary N) is 2. The number of carbonyl (C=O) groups is 3. The number of amides is 3. The lowest BCUT2D eigenvalue weighted by atomic mass is 10.0. The Kier molecular flexibility index (Phi) is 8.51. The van der Waals surface area contributed by atoms with Gasteiger partial charge >= 0.3 is 0 Å². The number of imide groups is 1. The maximum atomic E-state index is 12.3. The second-order valence-electron chi connectivity index (χ2n) is 11.0. The average Bonchev–Trinajstić information content (AvgIpc) is 3.03. The van der Waals surface area contributed by atoms with Crippen molar-refractivity contribution in [1.82, 2.24) is 15.2 Å². The maximum absolute atomic E-state index is 12.3. The highest BCUT2D eigenvalue weighted by atomic mass is 16.5. The predicted molar refractivity (Wildman–Crippen MR) is 168 cm³/mol. The SMILES string of the molecule is NC(=O)c1ccc(N2CCN(Cc3cccc(NC4CCC(=O)NC4=O)c3)CC2)nc1-c1ccc(Oc2ccccc2)cc1. The van der Waals surface area contributed by atoms with Crippen LogP contribution in [0.2, 0.25) is 0 Å². The van der Waals surface area contributed by atoms with Crippen molar-refractivity contribution >= 4 is 29.2 Å². The van der Waals surface area contributed by atoms with Crippen LogP contribution in [-0.4, -0.2) is 59.8 Å². The smallest absolute Gasteiger partial charge is 0.250 e. The maximum Gasteiger partial charge on any atom is 0.250 e. The van der Waals surface area contributed by atoms with E-state index in [-0.39, 0.29) is 11.8 Å². The van der Waals surface area contributed by atoms with Crippen LogP contribution in [-0.2, 0) is 16.1 Å². The first kappa shape index (κ1) is 28.9. The van der Waals surface area contributed by atoms with Crippen molar-refractivity contribution in [3.05, 3.63) is 102 Å². The Balaban J connectivity index is 1.09. The number of nitrogens with zero attached hydrogens (tertiary/aromatic N) is 3. The van der Waals surface area contributed by atoms with Gasteiger partial charge in [-0.3, -0.25) is 24.6 Å². The molecule has 0 spiro atoms. The summed E-state index contributed by atoms with van der Waals surface area (Å²) in [6.45, 7) is 4.01. The summed E-state index contributed by atoms with van der Waals surface area (Å²) in [5, 5.41) is 5.66. The number of piperazine rings is 1. The van der Waals surface area contributed by atoms with Crippen LogP contribution in [0.15, 0.2) is 91.0 Å². The summed E-state index contributed by atoms with van der Waals surface area (Å²) >= 11 is 0. The van der Waals surface area contributed by atoms with E-state index < -0.39 is 11.9 Å². The third-order valence-electron chi connectivity index (χ3n) is 7.86. The third kappa shape index (κ3) is 6.87. The molecule has 44 heavy (non-hydrogen) atoms. The second kappa shape index (κ2) is 13.0. The van der Waals surface area contributed by atoms with E-state index in [2.05, 4.69) is 32.6 Å². The largest absolute Gasteiger partial charge is 0.457 e. The molecule has 3 aromatic carbocycles. The van der Waals surface area contributed by atoms with E-state index in [1.165, 1.54) is 0 Å². The molecule has 4 N–H and O–H groups in total. The summed E-state index contributed by atoms with van der Waals surface area (Å²) in [4.78, 5) is 45.4. The normalized spacial score (nSPS) is 17.2. The molecule has 2 fully saturated rings. The van der Waals surface area contributed by atoms with E-state index >= 15 is 0 Å². The minimum Gasteiger partial charge on any atom is -0.457 e. The number of benzene rings is 3. The number of hydrogen-bond donors (Lipinski definition) is 3. The van der Waals surface area contributed by atoms with Crippen molar-refractivity contribution in [3.8, 4) is 22.8 Å². The molecule has 1 aromatic heterocycles. The van der Waals surface area contributed by atoms with Crippen molar-refractivity contribution in [3.63, 3.8) is 0 Å². The number of pyridine rings is 1. The Bertz CT molecular complexity index is 1650. The fourth-order valence-corrected chi connectivity index (χ4v) is 5.53. The van der Waals surface area contributed by atoms with E-state index in [1.54, 1.807) is 6.07 Å². The number of primary amides is 1. The van der Waals surface area contributed by atoms with Gasteiger partial charge in [0.25, 0.3) is 5.91 Å². The molecule has 0 aliphatic carbocycles. The van der Waals surface area contributed by atoms with Crippen LogP contribution < -0.4 is 26.0 Å². The van der Waals surface area contributed by atoms with Crippen LogP contribution >= 0.6 is 0 Å². The summed E-state index contributed by atoms with van der Waals surface area (Å²) in [5.41, 5.74) is 9.42. The van der Waals surface area contributed by atoms with Crippen LogP contribution in [0, 0.1) is 0 Å². The molecule has 2 saturated heterocycles. The number of nitrogens with two attached hydrogens (primary N) is 1. The first-order valence-electron chi connectivity index (χ1n) is 14.7. The number of rotatable bonds is 9. The number of hydrogen-bond acceptors (Lipinski definition) is 8. The zero-order valence-electron chi connectivity index (χ0n) is 24.2. The number of anilines is 2. The summed E-state index contributed by atoms with van der Waals surface area (Å²) in [6.07, 6.45) is 0.825. The first-order chi connectivity index (χ1) is 21.4. The van der Waals surface area contributed by atoms with Gasteiger partial charge in [-0.25, -0.2) is 4.98 Å². The van der Waals surface area contributed by atoms with Gasteiger partial charge in [-0.2, -0.15) is 0 Å². The Morgan fingerprint density at radius 3 is 2.39 bits per heavy atom.